The molecule has 0 aliphatic carbocycles. The molecule has 0 aliphatic rings. The van der Waals surface area contributed by atoms with Crippen molar-refractivity contribution in [1.82, 2.24) is 10.3 Å². The van der Waals surface area contributed by atoms with Crippen molar-refractivity contribution >= 4 is 0 Å². The van der Waals surface area contributed by atoms with Crippen LogP contribution in [0, 0.1) is 17.5 Å². The Kier molecular flexibility index (Phi) is 4.57. The van der Waals surface area contributed by atoms with E-state index in [9.17, 15) is 13.2 Å². The predicted molar refractivity (Wildman–Crippen MR) is 68.0 cm³/mol. The Hall–Kier alpha value is -2.08. The van der Waals surface area contributed by atoms with Crippen LogP contribution in [0.3, 0.4) is 0 Å². The van der Waals surface area contributed by atoms with Crippen LogP contribution in [-0.2, 0) is 6.54 Å². The molecule has 0 bridgehead atoms. The summed E-state index contributed by atoms with van der Waals surface area (Å²) in [4.78, 5) is 3.83. The maximum Gasteiger partial charge on any atom is 0.223 e. The van der Waals surface area contributed by atoms with Gasteiger partial charge in [-0.15, -0.1) is 0 Å². The summed E-state index contributed by atoms with van der Waals surface area (Å²) in [5.74, 6) is -2.22. The van der Waals surface area contributed by atoms with Gasteiger partial charge >= 0.3 is 0 Å². The van der Waals surface area contributed by atoms with Crippen LogP contribution >= 0.6 is 0 Å². The largest absolute Gasteiger partial charge is 0.439 e. The second kappa shape index (κ2) is 6.38. The summed E-state index contributed by atoms with van der Waals surface area (Å²) in [6.45, 7) is 2.96. The van der Waals surface area contributed by atoms with Crippen LogP contribution in [-0.4, -0.2) is 11.5 Å². The van der Waals surface area contributed by atoms with Crippen molar-refractivity contribution in [3.8, 4) is 11.6 Å². The van der Waals surface area contributed by atoms with Crippen LogP contribution in [0.2, 0.25) is 0 Å². The molecule has 0 fully saturated rings. The summed E-state index contributed by atoms with van der Waals surface area (Å²) in [6, 6.07) is 4.43. The normalized spacial score (nSPS) is 10.6. The second-order valence-electron chi connectivity index (χ2n) is 4.08. The van der Waals surface area contributed by atoms with Crippen LogP contribution in [0.1, 0.15) is 12.5 Å². The van der Waals surface area contributed by atoms with Crippen LogP contribution < -0.4 is 10.1 Å². The Labute approximate surface area is 114 Å². The lowest BCUT2D eigenvalue weighted by Gasteiger charge is -2.10. The topological polar surface area (TPSA) is 34.2 Å². The van der Waals surface area contributed by atoms with Crippen molar-refractivity contribution in [1.29, 1.82) is 0 Å². The third-order valence-electron chi connectivity index (χ3n) is 2.56. The number of benzene rings is 1. The third kappa shape index (κ3) is 3.48. The standard InChI is InChI=1S/C14H13F3N2O/c1-2-18-7-9-5-10(15)8-19-14(9)20-11-3-4-12(16)13(17)6-11/h3-6,8,18H,2,7H2,1H3. The molecule has 0 spiro atoms. The van der Waals surface area contributed by atoms with Crippen molar-refractivity contribution < 1.29 is 17.9 Å². The minimum absolute atomic E-state index is 0.0979. The smallest absolute Gasteiger partial charge is 0.223 e. The molecule has 0 aliphatic heterocycles. The van der Waals surface area contributed by atoms with Gasteiger partial charge in [0.05, 0.1) is 6.20 Å². The summed E-state index contributed by atoms with van der Waals surface area (Å²) >= 11 is 0. The molecule has 0 saturated heterocycles. The lowest BCUT2D eigenvalue weighted by atomic mass is 10.2. The molecule has 0 amide bonds. The van der Waals surface area contributed by atoms with Crippen LogP contribution in [0.15, 0.2) is 30.5 Å². The Morgan fingerprint density at radius 3 is 2.65 bits per heavy atom. The molecule has 2 rings (SSSR count). The molecular weight excluding hydrogens is 269 g/mol. The highest BCUT2D eigenvalue weighted by Gasteiger charge is 2.10. The molecule has 1 N–H and O–H groups in total. The van der Waals surface area contributed by atoms with Crippen molar-refractivity contribution in [2.24, 2.45) is 0 Å². The van der Waals surface area contributed by atoms with E-state index in [4.69, 9.17) is 4.74 Å². The minimum atomic E-state index is -1.02. The number of hydrogen-bond donors (Lipinski definition) is 1. The Morgan fingerprint density at radius 1 is 1.15 bits per heavy atom. The van der Waals surface area contributed by atoms with E-state index in [1.807, 2.05) is 6.92 Å². The van der Waals surface area contributed by atoms with E-state index in [0.29, 0.717) is 18.7 Å². The molecule has 1 heterocycles. The number of nitrogens with zero attached hydrogens (tertiary/aromatic N) is 1. The average Bonchev–Trinajstić information content (AvgIpc) is 2.43. The van der Waals surface area contributed by atoms with Gasteiger partial charge in [-0.25, -0.2) is 18.2 Å². The third-order valence-corrected chi connectivity index (χ3v) is 2.56. The Morgan fingerprint density at radius 2 is 1.95 bits per heavy atom. The van der Waals surface area contributed by atoms with Gasteiger partial charge in [-0.3, -0.25) is 0 Å². The van der Waals surface area contributed by atoms with E-state index in [1.165, 1.54) is 12.1 Å². The molecule has 0 saturated carbocycles. The van der Waals surface area contributed by atoms with Gasteiger partial charge in [-0.05, 0) is 24.7 Å². The Balaban J connectivity index is 2.25. The zero-order valence-corrected chi connectivity index (χ0v) is 10.8. The maximum atomic E-state index is 13.2. The number of aromatic nitrogens is 1. The summed E-state index contributed by atoms with van der Waals surface area (Å²) in [7, 11) is 0. The number of halogens is 3. The lowest BCUT2D eigenvalue weighted by Crippen LogP contribution is -2.13. The van der Waals surface area contributed by atoms with Gasteiger partial charge in [-0.1, -0.05) is 6.92 Å². The molecule has 0 atom stereocenters. The molecule has 0 radical (unpaired) electrons. The molecule has 3 nitrogen and oxygen atoms in total. The zero-order chi connectivity index (χ0) is 14.5. The quantitative estimate of drug-likeness (QED) is 0.912. The fraction of sp³-hybridized carbons (Fsp3) is 0.214. The lowest BCUT2D eigenvalue weighted by molar-refractivity contribution is 0.437. The van der Waals surface area contributed by atoms with Crippen molar-refractivity contribution in [2.75, 3.05) is 6.54 Å². The fourth-order valence-corrected chi connectivity index (χ4v) is 1.60. The molecule has 1 aromatic heterocycles. The minimum Gasteiger partial charge on any atom is -0.439 e. The monoisotopic (exact) mass is 282 g/mol. The van der Waals surface area contributed by atoms with Crippen LogP contribution in [0.5, 0.6) is 11.6 Å². The fourth-order valence-electron chi connectivity index (χ4n) is 1.60. The van der Waals surface area contributed by atoms with Crippen LogP contribution in [0.25, 0.3) is 0 Å². The number of nitrogens with one attached hydrogen (secondary N) is 1. The molecular formula is C14H13F3N2O. The first-order valence-corrected chi connectivity index (χ1v) is 6.08. The van der Waals surface area contributed by atoms with E-state index in [1.54, 1.807) is 0 Å². The molecule has 20 heavy (non-hydrogen) atoms. The summed E-state index contributed by atoms with van der Waals surface area (Å²) < 4.78 is 44.5. The zero-order valence-electron chi connectivity index (χ0n) is 10.8. The number of hydrogen-bond acceptors (Lipinski definition) is 3. The van der Waals surface area contributed by atoms with E-state index in [2.05, 4.69) is 10.3 Å². The number of rotatable bonds is 5. The highest BCUT2D eigenvalue weighted by Crippen LogP contribution is 2.25. The SMILES string of the molecule is CCNCc1cc(F)cnc1Oc1ccc(F)c(F)c1. The predicted octanol–water partition coefficient (Wildman–Crippen LogP) is 3.40. The van der Waals surface area contributed by atoms with Gasteiger partial charge in [0, 0.05) is 18.2 Å². The highest BCUT2D eigenvalue weighted by atomic mass is 19.2. The van der Waals surface area contributed by atoms with E-state index in [0.717, 1.165) is 18.3 Å². The van der Waals surface area contributed by atoms with Gasteiger partial charge < -0.3 is 10.1 Å². The van der Waals surface area contributed by atoms with Crippen molar-refractivity contribution in [2.45, 2.75) is 13.5 Å². The van der Waals surface area contributed by atoms with Gasteiger partial charge in [0.15, 0.2) is 11.6 Å². The van der Waals surface area contributed by atoms with Crippen molar-refractivity contribution in [3.05, 3.63) is 53.5 Å². The first-order chi connectivity index (χ1) is 9.60. The molecule has 2 aromatic rings. The molecule has 106 valence electrons. The Bertz CT molecular complexity index is 605. The van der Waals surface area contributed by atoms with E-state index >= 15 is 0 Å². The van der Waals surface area contributed by atoms with Gasteiger partial charge in [0.2, 0.25) is 5.88 Å². The molecule has 6 heteroatoms. The highest BCUT2D eigenvalue weighted by molar-refractivity contribution is 5.33. The first kappa shape index (κ1) is 14.3. The average molecular weight is 282 g/mol. The maximum absolute atomic E-state index is 13.2. The van der Waals surface area contributed by atoms with E-state index < -0.39 is 17.5 Å². The first-order valence-electron chi connectivity index (χ1n) is 6.08. The second-order valence-corrected chi connectivity index (χ2v) is 4.08. The van der Waals surface area contributed by atoms with Gasteiger partial charge in [0.1, 0.15) is 11.6 Å². The summed E-state index contributed by atoms with van der Waals surface area (Å²) in [5.41, 5.74) is 0.497. The molecule has 0 unspecified atom stereocenters. The molecule has 1 aromatic carbocycles. The van der Waals surface area contributed by atoms with E-state index in [-0.39, 0.29) is 11.6 Å². The number of ether oxygens (including phenoxy) is 1. The van der Waals surface area contributed by atoms with Crippen LogP contribution in [0.4, 0.5) is 13.2 Å². The summed E-state index contributed by atoms with van der Waals surface area (Å²) in [5, 5.41) is 3.02. The van der Waals surface area contributed by atoms with Gasteiger partial charge in [0.25, 0.3) is 0 Å². The van der Waals surface area contributed by atoms with Crippen molar-refractivity contribution in [3.63, 3.8) is 0 Å². The summed E-state index contributed by atoms with van der Waals surface area (Å²) in [6.07, 6.45) is 1.00. The van der Waals surface area contributed by atoms with Gasteiger partial charge in [-0.2, -0.15) is 0 Å². The number of pyridine rings is 1.